The van der Waals surface area contributed by atoms with Crippen LogP contribution < -0.4 is 32.3 Å². The molecule has 17 nitrogen and oxygen atoms in total. The predicted molar refractivity (Wildman–Crippen MR) is 207 cm³/mol. The molecular formula is C38H69N6O11. The minimum atomic E-state index is -1.13. The first-order valence-corrected chi connectivity index (χ1v) is 19.1. The van der Waals surface area contributed by atoms with E-state index >= 15 is 0 Å². The molecule has 5 amide bonds. The lowest BCUT2D eigenvalue weighted by molar-refractivity contribution is -0.125. The zero-order valence-electron chi connectivity index (χ0n) is 35.0. The first-order chi connectivity index (χ1) is 25.3. The van der Waals surface area contributed by atoms with Crippen LogP contribution in [0.3, 0.4) is 0 Å². The Morgan fingerprint density at radius 1 is 0.545 bits per heavy atom. The summed E-state index contributed by atoms with van der Waals surface area (Å²) in [6.07, 6.45) is 1.56. The van der Waals surface area contributed by atoms with E-state index in [1.54, 1.807) is 76.2 Å². The molecule has 0 fully saturated rings. The molecule has 0 aliphatic heterocycles. The Morgan fingerprint density at radius 2 is 0.891 bits per heavy atom. The van der Waals surface area contributed by atoms with Crippen LogP contribution in [0, 0.1) is 0 Å². The summed E-state index contributed by atoms with van der Waals surface area (Å²) in [5.74, 6) is -1.18. The van der Waals surface area contributed by atoms with Gasteiger partial charge in [0.25, 0.3) is 0 Å². The highest BCUT2D eigenvalue weighted by molar-refractivity contribution is 5.88. The van der Waals surface area contributed by atoms with Gasteiger partial charge in [-0.15, -0.1) is 0 Å². The first kappa shape index (κ1) is 50.9. The van der Waals surface area contributed by atoms with E-state index in [2.05, 4.69) is 26.6 Å². The third kappa shape index (κ3) is 27.1. The number of ketones is 1. The van der Waals surface area contributed by atoms with Gasteiger partial charge in [0.05, 0.1) is 6.04 Å². The second kappa shape index (κ2) is 24.4. The molecule has 3 atom stereocenters. The SMILES string of the molecule is CC(C)(C)OC(=O)N[C@@H](CCCCNC(=O)[C@H](CCCCNC(=O)[C@H](CCCCN)NC(=O)OC(C)(C)C)NC(=O)OC(C)(C)C)C(=O)CC(C)(C)O[C]=O. The van der Waals surface area contributed by atoms with Gasteiger partial charge in [-0.05, 0) is 140 Å². The van der Waals surface area contributed by atoms with Crippen LogP contribution in [0.5, 0.6) is 0 Å². The summed E-state index contributed by atoms with van der Waals surface area (Å²) in [7, 11) is 0. The normalized spacial score (nSPS) is 13.6. The largest absolute Gasteiger partial charge is 0.451 e. The van der Waals surface area contributed by atoms with Crippen LogP contribution in [-0.4, -0.2) is 103 Å². The van der Waals surface area contributed by atoms with Crippen molar-refractivity contribution in [1.29, 1.82) is 0 Å². The number of amides is 5. The predicted octanol–water partition coefficient (Wildman–Crippen LogP) is 4.19. The second-order valence-corrected chi connectivity index (χ2v) is 17.0. The molecule has 1 radical (unpaired) electrons. The molecule has 7 N–H and O–H groups in total. The van der Waals surface area contributed by atoms with Gasteiger partial charge in [-0.2, -0.15) is 0 Å². The van der Waals surface area contributed by atoms with Gasteiger partial charge in [0, 0.05) is 19.5 Å². The molecule has 0 heterocycles. The summed E-state index contributed by atoms with van der Waals surface area (Å²) >= 11 is 0. The Labute approximate surface area is 327 Å². The van der Waals surface area contributed by atoms with E-state index < -0.39 is 64.7 Å². The zero-order chi connectivity index (χ0) is 42.5. The van der Waals surface area contributed by atoms with E-state index in [-0.39, 0.29) is 44.0 Å². The Balaban J connectivity index is 5.34. The number of ether oxygens (including phenoxy) is 4. The van der Waals surface area contributed by atoms with Gasteiger partial charge in [-0.3, -0.25) is 14.4 Å². The van der Waals surface area contributed by atoms with E-state index in [4.69, 9.17) is 24.7 Å². The molecular weight excluding hydrogens is 716 g/mol. The number of carbonyl (C=O) groups excluding carboxylic acids is 7. The summed E-state index contributed by atoms with van der Waals surface area (Å²) in [6.45, 7) is 20.8. The topological polar surface area (TPSA) is 243 Å². The van der Waals surface area contributed by atoms with Crippen molar-refractivity contribution < 1.29 is 52.5 Å². The highest BCUT2D eigenvalue weighted by Gasteiger charge is 2.31. The fourth-order valence-electron chi connectivity index (χ4n) is 5.00. The number of nitrogens with one attached hydrogen (secondary N) is 5. The maximum atomic E-state index is 13.2. The standard InChI is InChI=1S/C38H69N6O11/c1-35(2,3)53-32(49)42-26(29(46)24-38(10,11)52-25-45)18-13-16-22-40-31(48)28(44-34(51)55-37(7,8)9)20-14-17-23-41-30(47)27(19-12-15-21-39)43-33(50)54-36(4,5)6/h26-28H,12-24,39H2,1-11H3,(H,40,48)(H,41,47)(H,42,49)(H,43,50)(H,44,51)/t26-,27-,28-/m0/s1. The van der Waals surface area contributed by atoms with Gasteiger partial charge in [0.1, 0.15) is 34.5 Å². The number of hydrogen-bond donors (Lipinski definition) is 6. The molecule has 0 unspecified atom stereocenters. The molecule has 0 aromatic carbocycles. The average Bonchev–Trinajstić information content (AvgIpc) is 2.99. The lowest BCUT2D eigenvalue weighted by Crippen LogP contribution is -2.49. The second-order valence-electron chi connectivity index (χ2n) is 17.0. The van der Waals surface area contributed by atoms with Crippen LogP contribution in [0.4, 0.5) is 14.4 Å². The van der Waals surface area contributed by atoms with Crippen molar-refractivity contribution in [1.82, 2.24) is 26.6 Å². The van der Waals surface area contributed by atoms with Crippen molar-refractivity contribution in [2.45, 2.75) is 181 Å². The van der Waals surface area contributed by atoms with Gasteiger partial charge in [0.15, 0.2) is 5.78 Å². The van der Waals surface area contributed by atoms with E-state index in [1.807, 2.05) is 0 Å². The van der Waals surface area contributed by atoms with Crippen molar-refractivity contribution >= 4 is 42.3 Å². The number of rotatable bonds is 24. The smallest absolute Gasteiger partial charge is 0.418 e. The lowest BCUT2D eigenvalue weighted by Gasteiger charge is -2.26. The minimum Gasteiger partial charge on any atom is -0.451 e. The van der Waals surface area contributed by atoms with Gasteiger partial charge in [0.2, 0.25) is 11.8 Å². The molecule has 0 saturated heterocycles. The van der Waals surface area contributed by atoms with Crippen LogP contribution in [0.1, 0.15) is 140 Å². The zero-order valence-corrected chi connectivity index (χ0v) is 35.0. The maximum absolute atomic E-state index is 13.2. The fraction of sp³-hybridized carbons (Fsp3) is 0.816. The molecule has 0 saturated carbocycles. The summed E-state index contributed by atoms with van der Waals surface area (Å²) < 4.78 is 20.9. The Hall–Kier alpha value is -4.15. The Kier molecular flexibility index (Phi) is 22.5. The number of carbonyl (C=O) groups is 6. The number of alkyl carbamates (subject to hydrolysis) is 3. The molecule has 0 bridgehead atoms. The molecule has 55 heavy (non-hydrogen) atoms. The van der Waals surface area contributed by atoms with Crippen molar-refractivity contribution in [3.05, 3.63) is 0 Å². The van der Waals surface area contributed by atoms with Crippen LogP contribution in [0.15, 0.2) is 0 Å². The summed E-state index contributed by atoms with van der Waals surface area (Å²) in [4.78, 5) is 87.5. The van der Waals surface area contributed by atoms with Crippen LogP contribution >= 0.6 is 0 Å². The number of nitrogens with two attached hydrogens (primary N) is 1. The fourth-order valence-corrected chi connectivity index (χ4v) is 5.00. The van der Waals surface area contributed by atoms with Crippen molar-refractivity contribution in [2.75, 3.05) is 19.6 Å². The quantitative estimate of drug-likeness (QED) is 0.0596. The van der Waals surface area contributed by atoms with Crippen molar-refractivity contribution in [3.63, 3.8) is 0 Å². The van der Waals surface area contributed by atoms with Crippen LogP contribution in [0.2, 0.25) is 0 Å². The molecule has 317 valence electrons. The van der Waals surface area contributed by atoms with Crippen molar-refractivity contribution in [2.24, 2.45) is 5.73 Å². The van der Waals surface area contributed by atoms with Crippen molar-refractivity contribution in [3.8, 4) is 0 Å². The van der Waals surface area contributed by atoms with Gasteiger partial charge in [-0.1, -0.05) is 0 Å². The Bertz CT molecular complexity index is 1240. The monoisotopic (exact) mass is 786 g/mol. The van der Waals surface area contributed by atoms with E-state index in [0.717, 1.165) is 0 Å². The Morgan fingerprint density at radius 3 is 1.24 bits per heavy atom. The van der Waals surface area contributed by atoms with Gasteiger partial charge < -0.3 is 51.3 Å². The highest BCUT2D eigenvalue weighted by atomic mass is 16.6. The van der Waals surface area contributed by atoms with Gasteiger partial charge in [-0.25, -0.2) is 19.2 Å². The molecule has 0 aromatic rings. The van der Waals surface area contributed by atoms with Crippen LogP contribution in [0.25, 0.3) is 0 Å². The highest BCUT2D eigenvalue weighted by Crippen LogP contribution is 2.18. The van der Waals surface area contributed by atoms with E-state index in [9.17, 15) is 33.6 Å². The van der Waals surface area contributed by atoms with Gasteiger partial charge >= 0.3 is 24.8 Å². The number of unbranched alkanes of at least 4 members (excludes halogenated alkanes) is 3. The summed E-state index contributed by atoms with van der Waals surface area (Å²) in [6, 6.07) is -2.68. The molecule has 0 aliphatic rings. The third-order valence-corrected chi connectivity index (χ3v) is 7.40. The molecule has 0 aliphatic carbocycles. The van der Waals surface area contributed by atoms with Crippen LogP contribution in [-0.2, 0) is 38.1 Å². The molecule has 0 aromatic heterocycles. The molecule has 0 rings (SSSR count). The minimum absolute atomic E-state index is 0.167. The number of hydrogen-bond acceptors (Lipinski definition) is 12. The lowest BCUT2D eigenvalue weighted by atomic mass is 9.95. The summed E-state index contributed by atoms with van der Waals surface area (Å²) in [5, 5.41) is 13.5. The van der Waals surface area contributed by atoms with E-state index in [1.165, 1.54) is 6.47 Å². The summed E-state index contributed by atoms with van der Waals surface area (Å²) in [5.41, 5.74) is 2.15. The maximum Gasteiger partial charge on any atom is 0.418 e. The van der Waals surface area contributed by atoms with E-state index in [0.29, 0.717) is 51.5 Å². The number of Topliss-reactive ketones (excluding diaryl/α,β-unsaturated/α-hetero) is 1. The first-order valence-electron chi connectivity index (χ1n) is 19.1. The molecule has 17 heteroatoms. The molecule has 0 spiro atoms. The third-order valence-electron chi connectivity index (χ3n) is 7.40. The average molecular weight is 786 g/mol.